The maximum absolute atomic E-state index is 5.11. The lowest BCUT2D eigenvalue weighted by atomic mass is 10.1. The monoisotopic (exact) mass is 219 g/mol. The standard InChI is InChI=1S/C14H21NO/c1-11(9-10-16-2)15-14-8-7-12-5-3-4-6-13(12)14/h3-6,11,14-15H,7-10H2,1-2H3. The topological polar surface area (TPSA) is 21.3 Å². The maximum atomic E-state index is 5.11. The summed E-state index contributed by atoms with van der Waals surface area (Å²) in [7, 11) is 1.76. The molecule has 2 nitrogen and oxygen atoms in total. The molecule has 0 radical (unpaired) electrons. The van der Waals surface area contributed by atoms with Crippen LogP contribution in [-0.2, 0) is 11.2 Å². The molecule has 0 aromatic heterocycles. The molecule has 88 valence electrons. The first kappa shape index (κ1) is 11.6. The summed E-state index contributed by atoms with van der Waals surface area (Å²) in [4.78, 5) is 0. The summed E-state index contributed by atoms with van der Waals surface area (Å²) in [6.45, 7) is 3.07. The van der Waals surface area contributed by atoms with E-state index in [1.807, 2.05) is 0 Å². The Bertz CT molecular complexity index is 337. The Morgan fingerprint density at radius 3 is 3.06 bits per heavy atom. The van der Waals surface area contributed by atoms with Gasteiger partial charge < -0.3 is 10.1 Å². The molecule has 0 saturated carbocycles. The summed E-state index contributed by atoms with van der Waals surface area (Å²) in [6, 6.07) is 9.84. The van der Waals surface area contributed by atoms with Crippen molar-refractivity contribution in [3.8, 4) is 0 Å². The van der Waals surface area contributed by atoms with E-state index in [1.165, 1.54) is 24.0 Å². The van der Waals surface area contributed by atoms with Crippen molar-refractivity contribution in [1.29, 1.82) is 0 Å². The minimum absolute atomic E-state index is 0.524. The van der Waals surface area contributed by atoms with Crippen molar-refractivity contribution in [3.05, 3.63) is 35.4 Å². The third kappa shape index (κ3) is 2.63. The molecule has 2 unspecified atom stereocenters. The van der Waals surface area contributed by atoms with Crippen LogP contribution >= 0.6 is 0 Å². The third-order valence-corrected chi connectivity index (χ3v) is 3.37. The average Bonchev–Trinajstić information content (AvgIpc) is 2.70. The molecule has 1 aromatic rings. The zero-order chi connectivity index (χ0) is 11.4. The van der Waals surface area contributed by atoms with E-state index < -0.39 is 0 Å². The molecule has 0 aliphatic heterocycles. The Morgan fingerprint density at radius 2 is 2.25 bits per heavy atom. The molecule has 0 amide bonds. The van der Waals surface area contributed by atoms with Gasteiger partial charge in [-0.3, -0.25) is 0 Å². The van der Waals surface area contributed by atoms with Crippen LogP contribution in [0.2, 0.25) is 0 Å². The Morgan fingerprint density at radius 1 is 1.44 bits per heavy atom. The summed E-state index contributed by atoms with van der Waals surface area (Å²) in [6.07, 6.45) is 3.52. The van der Waals surface area contributed by atoms with E-state index in [1.54, 1.807) is 7.11 Å². The van der Waals surface area contributed by atoms with Gasteiger partial charge in [0, 0.05) is 25.8 Å². The number of ether oxygens (including phenoxy) is 1. The van der Waals surface area contributed by atoms with Crippen molar-refractivity contribution in [2.75, 3.05) is 13.7 Å². The number of hydrogen-bond donors (Lipinski definition) is 1. The lowest BCUT2D eigenvalue weighted by Gasteiger charge is -2.20. The van der Waals surface area contributed by atoms with Gasteiger partial charge in [0.15, 0.2) is 0 Å². The van der Waals surface area contributed by atoms with E-state index >= 15 is 0 Å². The van der Waals surface area contributed by atoms with Crippen molar-refractivity contribution >= 4 is 0 Å². The van der Waals surface area contributed by atoms with E-state index in [9.17, 15) is 0 Å². The number of fused-ring (bicyclic) bond motifs is 1. The van der Waals surface area contributed by atoms with Crippen LogP contribution in [0, 0.1) is 0 Å². The van der Waals surface area contributed by atoms with Gasteiger partial charge in [0.1, 0.15) is 0 Å². The second-order valence-electron chi connectivity index (χ2n) is 4.64. The fraction of sp³-hybridized carbons (Fsp3) is 0.571. The molecule has 0 fully saturated rings. The normalized spacial score (nSPS) is 20.8. The maximum Gasteiger partial charge on any atom is 0.0476 e. The number of methoxy groups -OCH3 is 1. The molecule has 2 heteroatoms. The SMILES string of the molecule is COCCC(C)NC1CCc2ccccc21. The zero-order valence-corrected chi connectivity index (χ0v) is 10.2. The van der Waals surface area contributed by atoms with E-state index in [0.717, 1.165) is 13.0 Å². The number of hydrogen-bond acceptors (Lipinski definition) is 2. The summed E-state index contributed by atoms with van der Waals surface area (Å²) in [5.74, 6) is 0. The van der Waals surface area contributed by atoms with Crippen molar-refractivity contribution in [3.63, 3.8) is 0 Å². The Kier molecular flexibility index (Phi) is 3.97. The average molecular weight is 219 g/mol. The quantitative estimate of drug-likeness (QED) is 0.822. The van der Waals surface area contributed by atoms with E-state index in [2.05, 4.69) is 36.5 Å². The second kappa shape index (κ2) is 5.46. The van der Waals surface area contributed by atoms with Gasteiger partial charge in [0.05, 0.1) is 0 Å². The first-order valence-electron chi connectivity index (χ1n) is 6.14. The van der Waals surface area contributed by atoms with Gasteiger partial charge >= 0.3 is 0 Å². The molecule has 1 aliphatic rings. The largest absolute Gasteiger partial charge is 0.385 e. The number of rotatable bonds is 5. The lowest BCUT2D eigenvalue weighted by molar-refractivity contribution is 0.182. The summed E-state index contributed by atoms with van der Waals surface area (Å²) in [5.41, 5.74) is 3.01. The van der Waals surface area contributed by atoms with Gasteiger partial charge in [-0.1, -0.05) is 24.3 Å². The van der Waals surface area contributed by atoms with Crippen LogP contribution in [0.3, 0.4) is 0 Å². The summed E-state index contributed by atoms with van der Waals surface area (Å²) < 4.78 is 5.11. The minimum Gasteiger partial charge on any atom is -0.385 e. The molecule has 0 spiro atoms. The number of aryl methyl sites for hydroxylation is 1. The molecule has 1 aromatic carbocycles. The molecule has 2 rings (SSSR count). The highest BCUT2D eigenvalue weighted by Gasteiger charge is 2.22. The van der Waals surface area contributed by atoms with Crippen molar-refractivity contribution in [2.24, 2.45) is 0 Å². The smallest absolute Gasteiger partial charge is 0.0476 e. The number of nitrogens with one attached hydrogen (secondary N) is 1. The predicted molar refractivity (Wildman–Crippen MR) is 66.6 cm³/mol. The highest BCUT2D eigenvalue weighted by molar-refractivity contribution is 5.34. The molecule has 1 N–H and O–H groups in total. The van der Waals surface area contributed by atoms with Gasteiger partial charge in [-0.05, 0) is 37.3 Å². The molecule has 16 heavy (non-hydrogen) atoms. The highest BCUT2D eigenvalue weighted by atomic mass is 16.5. The predicted octanol–water partition coefficient (Wildman–Crippen LogP) is 2.69. The van der Waals surface area contributed by atoms with Crippen molar-refractivity contribution in [2.45, 2.75) is 38.3 Å². The van der Waals surface area contributed by atoms with E-state index in [0.29, 0.717) is 12.1 Å². The zero-order valence-electron chi connectivity index (χ0n) is 10.2. The van der Waals surface area contributed by atoms with Gasteiger partial charge in [0.25, 0.3) is 0 Å². The minimum atomic E-state index is 0.524. The van der Waals surface area contributed by atoms with Crippen LogP contribution in [0.4, 0.5) is 0 Å². The van der Waals surface area contributed by atoms with Crippen LogP contribution in [0.15, 0.2) is 24.3 Å². The molecule has 0 saturated heterocycles. The molecule has 1 aliphatic carbocycles. The summed E-state index contributed by atoms with van der Waals surface area (Å²) in [5, 5.41) is 3.69. The molecular weight excluding hydrogens is 198 g/mol. The van der Waals surface area contributed by atoms with E-state index in [-0.39, 0.29) is 0 Å². The Hall–Kier alpha value is -0.860. The van der Waals surface area contributed by atoms with Crippen LogP contribution < -0.4 is 5.32 Å². The van der Waals surface area contributed by atoms with Gasteiger partial charge in [-0.15, -0.1) is 0 Å². The van der Waals surface area contributed by atoms with Crippen LogP contribution in [-0.4, -0.2) is 19.8 Å². The Labute approximate surface area is 98.0 Å². The first-order valence-corrected chi connectivity index (χ1v) is 6.14. The summed E-state index contributed by atoms with van der Waals surface area (Å²) >= 11 is 0. The van der Waals surface area contributed by atoms with E-state index in [4.69, 9.17) is 4.74 Å². The lowest BCUT2D eigenvalue weighted by Crippen LogP contribution is -2.30. The Balaban J connectivity index is 1.92. The number of benzene rings is 1. The molecular formula is C14H21NO. The van der Waals surface area contributed by atoms with Crippen LogP contribution in [0.5, 0.6) is 0 Å². The second-order valence-corrected chi connectivity index (χ2v) is 4.64. The third-order valence-electron chi connectivity index (χ3n) is 3.37. The van der Waals surface area contributed by atoms with Gasteiger partial charge in [-0.25, -0.2) is 0 Å². The molecule has 2 atom stereocenters. The molecule has 0 bridgehead atoms. The molecule has 0 heterocycles. The van der Waals surface area contributed by atoms with Crippen LogP contribution in [0.1, 0.15) is 36.9 Å². The first-order chi connectivity index (χ1) is 7.81. The van der Waals surface area contributed by atoms with Gasteiger partial charge in [0.2, 0.25) is 0 Å². The van der Waals surface area contributed by atoms with Crippen molar-refractivity contribution < 1.29 is 4.74 Å². The fourth-order valence-electron chi connectivity index (χ4n) is 2.45. The van der Waals surface area contributed by atoms with Crippen LogP contribution in [0.25, 0.3) is 0 Å². The van der Waals surface area contributed by atoms with Gasteiger partial charge in [-0.2, -0.15) is 0 Å². The highest BCUT2D eigenvalue weighted by Crippen LogP contribution is 2.31. The van der Waals surface area contributed by atoms with Crippen molar-refractivity contribution in [1.82, 2.24) is 5.32 Å². The fourth-order valence-corrected chi connectivity index (χ4v) is 2.45.